The summed E-state index contributed by atoms with van der Waals surface area (Å²) in [6.45, 7) is 1.93. The number of halogens is 1. The van der Waals surface area contributed by atoms with Crippen molar-refractivity contribution < 1.29 is 14.6 Å². The molecule has 0 bridgehead atoms. The Morgan fingerprint density at radius 2 is 2.21 bits per heavy atom. The second kappa shape index (κ2) is 5.39. The van der Waals surface area contributed by atoms with Crippen LogP contribution >= 0.6 is 11.6 Å². The Hall–Kier alpha value is -1.26. The summed E-state index contributed by atoms with van der Waals surface area (Å²) in [6.07, 6.45) is 3.00. The first-order valence-corrected chi connectivity index (χ1v) is 6.71. The predicted molar refractivity (Wildman–Crippen MR) is 73.6 cm³/mol. The van der Waals surface area contributed by atoms with E-state index in [0.717, 1.165) is 19.3 Å². The van der Waals surface area contributed by atoms with Gasteiger partial charge in [0.05, 0.1) is 22.2 Å². The van der Waals surface area contributed by atoms with Crippen molar-refractivity contribution in [2.45, 2.75) is 37.8 Å². The van der Waals surface area contributed by atoms with Gasteiger partial charge in [-0.05, 0) is 44.4 Å². The lowest BCUT2D eigenvalue weighted by Gasteiger charge is -2.45. The van der Waals surface area contributed by atoms with Crippen molar-refractivity contribution in [2.75, 3.05) is 7.11 Å². The quantitative estimate of drug-likeness (QED) is 0.893. The summed E-state index contributed by atoms with van der Waals surface area (Å²) >= 11 is 5.97. The lowest BCUT2D eigenvalue weighted by molar-refractivity contribution is -0.0919. The largest absolute Gasteiger partial charge is 0.508 e. The Morgan fingerprint density at radius 1 is 1.53 bits per heavy atom. The molecule has 0 spiro atoms. The van der Waals surface area contributed by atoms with E-state index in [9.17, 15) is 9.90 Å². The van der Waals surface area contributed by atoms with Crippen molar-refractivity contribution in [1.82, 2.24) is 5.32 Å². The highest BCUT2D eigenvalue weighted by Crippen LogP contribution is 2.38. The Kier molecular flexibility index (Phi) is 4.02. The molecule has 0 aromatic heterocycles. The van der Waals surface area contributed by atoms with Gasteiger partial charge in [-0.15, -0.1) is 0 Å². The molecular weight excluding hydrogens is 266 g/mol. The number of hydrogen-bond acceptors (Lipinski definition) is 3. The molecular formula is C14H18ClNO3. The molecule has 5 heteroatoms. The first kappa shape index (κ1) is 14.2. The van der Waals surface area contributed by atoms with Crippen LogP contribution < -0.4 is 5.32 Å². The summed E-state index contributed by atoms with van der Waals surface area (Å²) in [5.74, 6) is -0.274. The van der Waals surface area contributed by atoms with Crippen molar-refractivity contribution in [3.8, 4) is 5.75 Å². The maximum Gasteiger partial charge on any atom is 0.253 e. The van der Waals surface area contributed by atoms with Gasteiger partial charge in [-0.1, -0.05) is 11.6 Å². The third kappa shape index (κ3) is 2.69. The smallest absolute Gasteiger partial charge is 0.253 e. The van der Waals surface area contributed by atoms with E-state index in [1.165, 1.54) is 18.2 Å². The van der Waals surface area contributed by atoms with Crippen LogP contribution in [0.3, 0.4) is 0 Å². The van der Waals surface area contributed by atoms with Gasteiger partial charge in [-0.2, -0.15) is 0 Å². The standard InChI is InChI=1S/C14H18ClNO3/c1-9(14(19-2)6-3-7-14)16-13(18)11-8-10(17)4-5-12(11)15/h4-5,8-9,17H,3,6-7H2,1-2H3,(H,16,18). The lowest BCUT2D eigenvalue weighted by atomic mass is 9.75. The molecule has 1 aliphatic rings. The van der Waals surface area contributed by atoms with E-state index in [0.29, 0.717) is 5.02 Å². The Labute approximate surface area is 117 Å². The Morgan fingerprint density at radius 3 is 2.74 bits per heavy atom. The number of nitrogens with one attached hydrogen (secondary N) is 1. The minimum atomic E-state index is -0.295. The maximum atomic E-state index is 12.2. The third-order valence-corrected chi connectivity index (χ3v) is 4.27. The fraction of sp³-hybridized carbons (Fsp3) is 0.500. The highest BCUT2D eigenvalue weighted by atomic mass is 35.5. The number of amides is 1. The highest BCUT2D eigenvalue weighted by Gasteiger charge is 2.43. The molecule has 1 aliphatic carbocycles. The van der Waals surface area contributed by atoms with Crippen LogP contribution in [-0.4, -0.2) is 29.8 Å². The minimum Gasteiger partial charge on any atom is -0.508 e. The number of benzene rings is 1. The number of ether oxygens (including phenoxy) is 1. The summed E-state index contributed by atoms with van der Waals surface area (Å²) in [5, 5.41) is 12.6. The van der Waals surface area contributed by atoms with Gasteiger partial charge >= 0.3 is 0 Å². The SMILES string of the molecule is COC1(C(C)NC(=O)c2cc(O)ccc2Cl)CCC1. The van der Waals surface area contributed by atoms with E-state index in [2.05, 4.69) is 5.32 Å². The second-order valence-corrected chi connectivity index (χ2v) is 5.39. The summed E-state index contributed by atoms with van der Waals surface area (Å²) in [5.41, 5.74) is 0.0120. The zero-order chi connectivity index (χ0) is 14.0. The van der Waals surface area contributed by atoms with Crippen LogP contribution in [0, 0.1) is 0 Å². The molecule has 19 heavy (non-hydrogen) atoms. The van der Waals surface area contributed by atoms with Crippen LogP contribution in [0.1, 0.15) is 36.5 Å². The molecule has 0 saturated heterocycles. The van der Waals surface area contributed by atoms with Crippen LogP contribution in [0.2, 0.25) is 5.02 Å². The van der Waals surface area contributed by atoms with Crippen molar-refractivity contribution >= 4 is 17.5 Å². The summed E-state index contributed by atoms with van der Waals surface area (Å²) < 4.78 is 5.53. The van der Waals surface area contributed by atoms with E-state index in [4.69, 9.17) is 16.3 Å². The number of carbonyl (C=O) groups is 1. The van der Waals surface area contributed by atoms with Crippen LogP contribution in [0.4, 0.5) is 0 Å². The average Bonchev–Trinajstić information content (AvgIpc) is 2.31. The van der Waals surface area contributed by atoms with E-state index >= 15 is 0 Å². The number of phenolic OH excluding ortho intramolecular Hbond substituents is 1. The maximum absolute atomic E-state index is 12.2. The molecule has 1 amide bonds. The van der Waals surface area contributed by atoms with Crippen LogP contribution in [0.25, 0.3) is 0 Å². The Balaban J connectivity index is 2.10. The number of aromatic hydroxyl groups is 1. The van der Waals surface area contributed by atoms with Gasteiger partial charge in [0.1, 0.15) is 5.75 Å². The monoisotopic (exact) mass is 283 g/mol. The molecule has 1 saturated carbocycles. The first-order valence-electron chi connectivity index (χ1n) is 6.33. The molecule has 1 fully saturated rings. The van der Waals surface area contributed by atoms with Gasteiger partial charge in [-0.3, -0.25) is 4.79 Å². The third-order valence-electron chi connectivity index (χ3n) is 3.94. The average molecular weight is 284 g/mol. The molecule has 0 aliphatic heterocycles. The van der Waals surface area contributed by atoms with Crippen molar-refractivity contribution in [3.63, 3.8) is 0 Å². The molecule has 4 nitrogen and oxygen atoms in total. The van der Waals surface area contributed by atoms with Crippen LogP contribution in [0.5, 0.6) is 5.75 Å². The van der Waals surface area contributed by atoms with Gasteiger partial charge in [0.15, 0.2) is 0 Å². The lowest BCUT2D eigenvalue weighted by Crippen LogP contribution is -2.56. The first-order chi connectivity index (χ1) is 8.98. The number of carbonyl (C=O) groups excluding carboxylic acids is 1. The molecule has 1 unspecified atom stereocenters. The minimum absolute atomic E-state index is 0.0207. The van der Waals surface area contributed by atoms with Crippen molar-refractivity contribution in [1.29, 1.82) is 0 Å². The summed E-state index contributed by atoms with van der Waals surface area (Å²) in [4.78, 5) is 12.2. The molecule has 2 N–H and O–H groups in total. The van der Waals surface area contributed by atoms with E-state index < -0.39 is 0 Å². The van der Waals surface area contributed by atoms with Gasteiger partial charge < -0.3 is 15.2 Å². The predicted octanol–water partition coefficient (Wildman–Crippen LogP) is 2.73. The van der Waals surface area contributed by atoms with E-state index in [1.807, 2.05) is 6.92 Å². The second-order valence-electron chi connectivity index (χ2n) is 4.98. The van der Waals surface area contributed by atoms with E-state index in [1.54, 1.807) is 7.11 Å². The van der Waals surface area contributed by atoms with Crippen molar-refractivity contribution in [2.24, 2.45) is 0 Å². The molecule has 104 valence electrons. The van der Waals surface area contributed by atoms with Crippen LogP contribution in [0.15, 0.2) is 18.2 Å². The van der Waals surface area contributed by atoms with Gasteiger partial charge in [0, 0.05) is 7.11 Å². The number of phenols is 1. The van der Waals surface area contributed by atoms with Gasteiger partial charge in [0.25, 0.3) is 5.91 Å². The van der Waals surface area contributed by atoms with Crippen LogP contribution in [-0.2, 0) is 4.74 Å². The highest BCUT2D eigenvalue weighted by molar-refractivity contribution is 6.33. The molecule has 0 radical (unpaired) electrons. The number of hydrogen-bond donors (Lipinski definition) is 2. The van der Waals surface area contributed by atoms with Crippen molar-refractivity contribution in [3.05, 3.63) is 28.8 Å². The van der Waals surface area contributed by atoms with Gasteiger partial charge in [0.2, 0.25) is 0 Å². The molecule has 1 atom stereocenters. The number of rotatable bonds is 4. The normalized spacial score (nSPS) is 18.5. The molecule has 0 heterocycles. The molecule has 1 aromatic rings. The zero-order valence-corrected chi connectivity index (χ0v) is 11.8. The summed E-state index contributed by atoms with van der Waals surface area (Å²) in [7, 11) is 1.67. The fourth-order valence-electron chi connectivity index (χ4n) is 2.43. The topological polar surface area (TPSA) is 58.6 Å². The summed E-state index contributed by atoms with van der Waals surface area (Å²) in [6, 6.07) is 4.22. The molecule has 2 rings (SSSR count). The Bertz CT molecular complexity index is 480. The zero-order valence-electron chi connectivity index (χ0n) is 11.1. The van der Waals surface area contributed by atoms with E-state index in [-0.39, 0.29) is 28.9 Å². The number of methoxy groups -OCH3 is 1. The molecule has 1 aromatic carbocycles. The fourth-order valence-corrected chi connectivity index (χ4v) is 2.64. The van der Waals surface area contributed by atoms with Gasteiger partial charge in [-0.25, -0.2) is 0 Å².